The van der Waals surface area contributed by atoms with E-state index in [0.717, 1.165) is 22.5 Å². The van der Waals surface area contributed by atoms with Crippen molar-refractivity contribution in [3.63, 3.8) is 0 Å². The minimum atomic E-state index is -4.63. The van der Waals surface area contributed by atoms with E-state index in [-0.39, 0.29) is 45.0 Å². The van der Waals surface area contributed by atoms with E-state index in [1.165, 1.54) is 0 Å². The van der Waals surface area contributed by atoms with E-state index in [9.17, 15) is 26.4 Å². The molecule has 1 aliphatic heterocycles. The smallest absolute Gasteiger partial charge is 0.416 e. The van der Waals surface area contributed by atoms with Crippen LogP contribution in [0.15, 0.2) is 64.6 Å². The second kappa shape index (κ2) is 11.3. The summed E-state index contributed by atoms with van der Waals surface area (Å²) >= 11 is 0. The first-order valence-electron chi connectivity index (χ1n) is 10.5. The molecule has 34 heavy (non-hydrogen) atoms. The second-order valence-electron chi connectivity index (χ2n) is 7.37. The van der Waals surface area contributed by atoms with Gasteiger partial charge in [-0.25, -0.2) is 8.42 Å². The molecule has 2 aromatic rings. The van der Waals surface area contributed by atoms with Crippen LogP contribution in [0.25, 0.3) is 0 Å². The van der Waals surface area contributed by atoms with Crippen LogP contribution in [-0.2, 0) is 25.8 Å². The van der Waals surface area contributed by atoms with Crippen molar-refractivity contribution in [1.82, 2.24) is 9.62 Å². The number of hydrogen-bond donors (Lipinski definition) is 1. The number of piperidine rings is 1. The maximum atomic E-state index is 12.9. The first-order chi connectivity index (χ1) is 16.2. The van der Waals surface area contributed by atoms with Crippen molar-refractivity contribution >= 4 is 21.6 Å². The molecule has 1 heterocycles. The molecule has 1 fully saturated rings. The summed E-state index contributed by atoms with van der Waals surface area (Å²) in [5.74, 6) is 0.311. The maximum absolute atomic E-state index is 12.9. The number of hydrogen-bond acceptors (Lipinski definition) is 6. The quantitative estimate of drug-likeness (QED) is 0.423. The van der Waals surface area contributed by atoms with Gasteiger partial charge in [-0.05, 0) is 30.3 Å². The first-order valence-corrected chi connectivity index (χ1v) is 11.9. The zero-order valence-corrected chi connectivity index (χ0v) is 18.9. The summed E-state index contributed by atoms with van der Waals surface area (Å²) in [5, 5.41) is 6.51. The molecule has 184 valence electrons. The molecule has 8 nitrogen and oxygen atoms in total. The summed E-state index contributed by atoms with van der Waals surface area (Å²) in [6, 6.07) is 12.8. The standard InChI is InChI=1S/C22H24F3N3O5S/c23-22(24,25)17-5-4-8-20(15-17)34(30,31)28-12-9-18(10-13-28)27-33-16-21(29)26-11-14-32-19-6-2-1-3-7-19/h1-8,15H,9-14,16H2,(H,26,29). The lowest BCUT2D eigenvalue weighted by atomic mass is 10.1. The van der Waals surface area contributed by atoms with Crippen molar-refractivity contribution in [3.05, 3.63) is 60.2 Å². The predicted octanol–water partition coefficient (Wildman–Crippen LogP) is 3.06. The van der Waals surface area contributed by atoms with Crippen LogP contribution in [0.5, 0.6) is 5.75 Å². The van der Waals surface area contributed by atoms with Gasteiger partial charge in [-0.3, -0.25) is 4.79 Å². The number of sulfonamides is 1. The largest absolute Gasteiger partial charge is 0.492 e. The van der Waals surface area contributed by atoms with Gasteiger partial charge in [0, 0.05) is 25.9 Å². The Morgan fingerprint density at radius 2 is 1.76 bits per heavy atom. The zero-order valence-electron chi connectivity index (χ0n) is 18.1. The summed E-state index contributed by atoms with van der Waals surface area (Å²) in [7, 11) is -4.07. The fraction of sp³-hybridized carbons (Fsp3) is 0.364. The van der Waals surface area contributed by atoms with Crippen LogP contribution >= 0.6 is 0 Å². The van der Waals surface area contributed by atoms with Crippen LogP contribution in [-0.4, -0.2) is 57.2 Å². The normalized spacial score (nSPS) is 15.0. The summed E-state index contributed by atoms with van der Waals surface area (Å²) in [6.07, 6.45) is -4.15. The van der Waals surface area contributed by atoms with Gasteiger partial charge in [0.05, 0.1) is 22.7 Å². The number of para-hydroxylation sites is 1. The van der Waals surface area contributed by atoms with Gasteiger partial charge in [-0.15, -0.1) is 0 Å². The van der Waals surface area contributed by atoms with Crippen molar-refractivity contribution in [3.8, 4) is 5.75 Å². The third-order valence-electron chi connectivity index (χ3n) is 4.92. The summed E-state index contributed by atoms with van der Waals surface area (Å²) in [4.78, 5) is 16.4. The molecule has 1 aliphatic rings. The van der Waals surface area contributed by atoms with E-state index in [1.807, 2.05) is 18.2 Å². The fourth-order valence-electron chi connectivity index (χ4n) is 3.17. The molecular weight excluding hydrogens is 475 g/mol. The van der Waals surface area contributed by atoms with Crippen LogP contribution < -0.4 is 10.1 Å². The van der Waals surface area contributed by atoms with E-state index >= 15 is 0 Å². The van der Waals surface area contributed by atoms with Gasteiger partial charge in [-0.1, -0.05) is 29.4 Å². The average molecular weight is 500 g/mol. The molecule has 0 aliphatic carbocycles. The number of rotatable bonds is 9. The highest BCUT2D eigenvalue weighted by Gasteiger charge is 2.33. The number of nitrogens with one attached hydrogen (secondary N) is 1. The number of amides is 1. The molecule has 1 saturated heterocycles. The van der Waals surface area contributed by atoms with Crippen molar-refractivity contribution in [2.45, 2.75) is 23.9 Å². The first kappa shape index (κ1) is 25.5. The highest BCUT2D eigenvalue weighted by Crippen LogP contribution is 2.31. The summed E-state index contributed by atoms with van der Waals surface area (Å²) in [6.45, 7) is 0.366. The summed E-state index contributed by atoms with van der Waals surface area (Å²) < 4.78 is 70.7. The van der Waals surface area contributed by atoms with Crippen LogP contribution in [0.4, 0.5) is 13.2 Å². The van der Waals surface area contributed by atoms with Gasteiger partial charge in [0.1, 0.15) is 12.4 Å². The van der Waals surface area contributed by atoms with Crippen LogP contribution in [0, 0.1) is 0 Å². The fourth-order valence-corrected chi connectivity index (χ4v) is 4.66. The van der Waals surface area contributed by atoms with Gasteiger partial charge in [-0.2, -0.15) is 17.5 Å². The van der Waals surface area contributed by atoms with Crippen molar-refractivity contribution < 1.29 is 36.0 Å². The molecule has 0 atom stereocenters. The molecule has 0 saturated carbocycles. The maximum Gasteiger partial charge on any atom is 0.416 e. The minimum absolute atomic E-state index is 0.0454. The molecule has 2 aromatic carbocycles. The van der Waals surface area contributed by atoms with Crippen molar-refractivity contribution in [1.29, 1.82) is 0 Å². The lowest BCUT2D eigenvalue weighted by Crippen LogP contribution is -2.38. The van der Waals surface area contributed by atoms with Crippen LogP contribution in [0.3, 0.4) is 0 Å². The Kier molecular flexibility index (Phi) is 8.51. The lowest BCUT2D eigenvalue weighted by Gasteiger charge is -2.26. The van der Waals surface area contributed by atoms with Gasteiger partial charge in [0.25, 0.3) is 5.91 Å². The molecule has 12 heteroatoms. The molecule has 0 aromatic heterocycles. The number of oxime groups is 1. The summed E-state index contributed by atoms with van der Waals surface area (Å²) in [5.41, 5.74) is -0.457. The van der Waals surface area contributed by atoms with Crippen molar-refractivity contribution in [2.75, 3.05) is 32.8 Å². The number of nitrogens with zero attached hydrogens (tertiary/aromatic N) is 2. The molecule has 1 N–H and O–H groups in total. The monoisotopic (exact) mass is 499 g/mol. The molecule has 0 radical (unpaired) electrons. The molecule has 0 bridgehead atoms. The number of ether oxygens (including phenoxy) is 1. The Hall–Kier alpha value is -3.12. The number of carbonyl (C=O) groups excluding carboxylic acids is 1. The van der Waals surface area contributed by atoms with Gasteiger partial charge >= 0.3 is 6.18 Å². The van der Waals surface area contributed by atoms with Crippen molar-refractivity contribution in [2.24, 2.45) is 5.16 Å². The Morgan fingerprint density at radius 1 is 1.06 bits per heavy atom. The third-order valence-corrected chi connectivity index (χ3v) is 6.82. The number of carbonyl (C=O) groups is 1. The third kappa shape index (κ3) is 7.19. The Morgan fingerprint density at radius 3 is 2.44 bits per heavy atom. The van der Waals surface area contributed by atoms with E-state index in [1.54, 1.807) is 12.1 Å². The molecule has 0 unspecified atom stereocenters. The van der Waals surface area contributed by atoms with Gasteiger partial charge in [0.2, 0.25) is 10.0 Å². The predicted molar refractivity (Wildman–Crippen MR) is 118 cm³/mol. The van der Waals surface area contributed by atoms with E-state index in [2.05, 4.69) is 10.5 Å². The Balaban J connectivity index is 1.41. The van der Waals surface area contributed by atoms with E-state index in [4.69, 9.17) is 9.57 Å². The SMILES string of the molecule is O=C(CON=C1CCN(S(=O)(=O)c2cccc(C(F)(F)F)c2)CC1)NCCOc1ccccc1. The van der Waals surface area contributed by atoms with Gasteiger partial charge < -0.3 is 14.9 Å². The minimum Gasteiger partial charge on any atom is -0.492 e. The average Bonchev–Trinajstić information content (AvgIpc) is 2.82. The van der Waals surface area contributed by atoms with Gasteiger partial charge in [0.15, 0.2) is 6.61 Å². The molecule has 3 rings (SSSR count). The lowest BCUT2D eigenvalue weighted by molar-refractivity contribution is -0.137. The second-order valence-corrected chi connectivity index (χ2v) is 9.31. The Labute approximate surface area is 195 Å². The molecular formula is C22H24F3N3O5S. The topological polar surface area (TPSA) is 97.3 Å². The van der Waals surface area contributed by atoms with Crippen LogP contribution in [0.2, 0.25) is 0 Å². The highest BCUT2D eigenvalue weighted by molar-refractivity contribution is 7.89. The number of alkyl halides is 3. The molecule has 0 spiro atoms. The van der Waals surface area contributed by atoms with E-state index < -0.39 is 26.7 Å². The zero-order chi connectivity index (χ0) is 24.6. The van der Waals surface area contributed by atoms with Crippen LogP contribution in [0.1, 0.15) is 18.4 Å². The highest BCUT2D eigenvalue weighted by atomic mass is 32.2. The number of halogens is 3. The Bertz CT molecular complexity index is 1100. The number of benzene rings is 2. The van der Waals surface area contributed by atoms with E-state index in [0.29, 0.717) is 24.1 Å². The molecule has 1 amide bonds.